The molecule has 2 aromatic rings. The monoisotopic (exact) mass is 295 g/mol. The number of amides is 2. The van der Waals surface area contributed by atoms with Crippen LogP contribution >= 0.6 is 0 Å². The van der Waals surface area contributed by atoms with Gasteiger partial charge in [0.05, 0.1) is 11.1 Å². The molecule has 110 valence electrons. The van der Waals surface area contributed by atoms with Gasteiger partial charge < -0.3 is 5.11 Å². The largest absolute Gasteiger partial charge is 0.508 e. The van der Waals surface area contributed by atoms with Gasteiger partial charge in [0.1, 0.15) is 12.4 Å². The van der Waals surface area contributed by atoms with Crippen LogP contribution in [0.15, 0.2) is 49.0 Å². The molecule has 2 aromatic carbocycles. The number of hydroxylamine groups is 2. The van der Waals surface area contributed by atoms with Crippen LogP contribution in [0.25, 0.3) is 6.08 Å². The maximum atomic E-state index is 12.1. The Morgan fingerprint density at radius 2 is 1.73 bits per heavy atom. The van der Waals surface area contributed by atoms with Crippen LogP contribution in [0.2, 0.25) is 0 Å². The molecule has 0 unspecified atom stereocenters. The van der Waals surface area contributed by atoms with Crippen molar-refractivity contribution < 1.29 is 19.5 Å². The first kappa shape index (κ1) is 14.0. The first-order chi connectivity index (χ1) is 10.6. The fourth-order valence-corrected chi connectivity index (χ4v) is 2.21. The lowest BCUT2D eigenvalue weighted by atomic mass is 10.1. The second-order valence-corrected chi connectivity index (χ2v) is 4.85. The molecule has 1 aliphatic heterocycles. The summed E-state index contributed by atoms with van der Waals surface area (Å²) in [4.78, 5) is 29.6. The van der Waals surface area contributed by atoms with Gasteiger partial charge in [-0.3, -0.25) is 14.4 Å². The summed E-state index contributed by atoms with van der Waals surface area (Å²) in [6, 6.07) is 11.4. The smallest absolute Gasteiger partial charge is 0.286 e. The van der Waals surface area contributed by atoms with Crippen LogP contribution in [0, 0.1) is 0 Å². The minimum Gasteiger partial charge on any atom is -0.508 e. The zero-order chi connectivity index (χ0) is 15.7. The van der Waals surface area contributed by atoms with Gasteiger partial charge in [-0.2, -0.15) is 0 Å². The summed E-state index contributed by atoms with van der Waals surface area (Å²) in [6.07, 6.45) is 1.72. The highest BCUT2D eigenvalue weighted by Gasteiger charge is 2.37. The SMILES string of the molecule is C=Cc1ccc(CON2C(=O)c3ccc(O)cc3C2=O)cc1. The van der Waals surface area contributed by atoms with E-state index in [4.69, 9.17) is 4.84 Å². The number of aromatic hydroxyl groups is 1. The van der Waals surface area contributed by atoms with Crippen molar-refractivity contribution in [3.05, 3.63) is 71.3 Å². The highest BCUT2D eigenvalue weighted by molar-refractivity contribution is 6.20. The summed E-state index contributed by atoms with van der Waals surface area (Å²) < 4.78 is 0. The van der Waals surface area contributed by atoms with E-state index in [0.717, 1.165) is 16.2 Å². The van der Waals surface area contributed by atoms with Gasteiger partial charge in [-0.25, -0.2) is 0 Å². The average Bonchev–Trinajstić information content (AvgIpc) is 2.77. The van der Waals surface area contributed by atoms with Crippen molar-refractivity contribution in [3.8, 4) is 5.75 Å². The number of imide groups is 1. The number of phenolic OH excluding ortho intramolecular Hbond substituents is 1. The van der Waals surface area contributed by atoms with Crippen LogP contribution in [0.4, 0.5) is 0 Å². The molecule has 5 nitrogen and oxygen atoms in total. The molecule has 0 spiro atoms. The van der Waals surface area contributed by atoms with Crippen molar-refractivity contribution in [2.24, 2.45) is 0 Å². The second-order valence-electron chi connectivity index (χ2n) is 4.85. The van der Waals surface area contributed by atoms with Crippen LogP contribution in [0.5, 0.6) is 5.75 Å². The molecular formula is C17H13NO4. The third kappa shape index (κ3) is 2.38. The summed E-state index contributed by atoms with van der Waals surface area (Å²) in [5, 5.41) is 10.1. The van der Waals surface area contributed by atoms with E-state index in [-0.39, 0.29) is 23.5 Å². The molecule has 0 fully saturated rings. The first-order valence-electron chi connectivity index (χ1n) is 6.66. The van der Waals surface area contributed by atoms with Gasteiger partial charge >= 0.3 is 0 Å². The van der Waals surface area contributed by atoms with Crippen molar-refractivity contribution in [1.29, 1.82) is 0 Å². The molecule has 0 saturated heterocycles. The summed E-state index contributed by atoms with van der Waals surface area (Å²) >= 11 is 0. The number of phenols is 1. The van der Waals surface area contributed by atoms with Gasteiger partial charge in [-0.05, 0) is 29.3 Å². The molecule has 0 aliphatic carbocycles. The highest BCUT2D eigenvalue weighted by Crippen LogP contribution is 2.26. The molecular weight excluding hydrogens is 282 g/mol. The Hall–Kier alpha value is -2.92. The van der Waals surface area contributed by atoms with Crippen molar-refractivity contribution >= 4 is 17.9 Å². The van der Waals surface area contributed by atoms with E-state index in [2.05, 4.69) is 6.58 Å². The van der Waals surface area contributed by atoms with E-state index in [1.165, 1.54) is 18.2 Å². The van der Waals surface area contributed by atoms with E-state index in [1.54, 1.807) is 6.08 Å². The molecule has 1 heterocycles. The van der Waals surface area contributed by atoms with Crippen molar-refractivity contribution in [2.45, 2.75) is 6.61 Å². The van der Waals surface area contributed by atoms with E-state index in [0.29, 0.717) is 0 Å². The lowest BCUT2D eigenvalue weighted by Gasteiger charge is -2.13. The van der Waals surface area contributed by atoms with Crippen LogP contribution in [0.3, 0.4) is 0 Å². The minimum atomic E-state index is -0.571. The first-order valence-corrected chi connectivity index (χ1v) is 6.66. The number of nitrogens with zero attached hydrogens (tertiary/aromatic N) is 1. The third-order valence-corrected chi connectivity index (χ3v) is 3.41. The predicted molar refractivity (Wildman–Crippen MR) is 79.9 cm³/mol. The summed E-state index contributed by atoms with van der Waals surface area (Å²) in [5.41, 5.74) is 2.17. The van der Waals surface area contributed by atoms with Gasteiger partial charge in [0.2, 0.25) is 0 Å². The topological polar surface area (TPSA) is 66.8 Å². The third-order valence-electron chi connectivity index (χ3n) is 3.41. The molecule has 22 heavy (non-hydrogen) atoms. The highest BCUT2D eigenvalue weighted by atomic mass is 16.7. The van der Waals surface area contributed by atoms with E-state index >= 15 is 0 Å². The number of carbonyl (C=O) groups is 2. The van der Waals surface area contributed by atoms with Crippen LogP contribution in [-0.2, 0) is 11.4 Å². The van der Waals surface area contributed by atoms with Crippen LogP contribution in [-0.4, -0.2) is 22.0 Å². The average molecular weight is 295 g/mol. The number of hydrogen-bond acceptors (Lipinski definition) is 4. The van der Waals surface area contributed by atoms with Crippen molar-refractivity contribution in [2.75, 3.05) is 0 Å². The molecule has 1 aliphatic rings. The molecule has 0 atom stereocenters. The lowest BCUT2D eigenvalue weighted by Crippen LogP contribution is -2.29. The van der Waals surface area contributed by atoms with Gasteiger partial charge in [0, 0.05) is 0 Å². The quantitative estimate of drug-likeness (QED) is 0.881. The Labute approximate surface area is 127 Å². The second kappa shape index (κ2) is 5.46. The van der Waals surface area contributed by atoms with Gasteiger partial charge in [-0.15, -0.1) is 5.06 Å². The fourth-order valence-electron chi connectivity index (χ4n) is 2.21. The molecule has 2 amide bonds. The summed E-state index contributed by atoms with van der Waals surface area (Å²) in [5.74, 6) is -1.16. The molecule has 0 aromatic heterocycles. The van der Waals surface area contributed by atoms with Crippen LogP contribution in [0.1, 0.15) is 31.8 Å². The Morgan fingerprint density at radius 3 is 2.41 bits per heavy atom. The molecule has 0 saturated carbocycles. The molecule has 0 radical (unpaired) electrons. The van der Waals surface area contributed by atoms with E-state index < -0.39 is 11.8 Å². The lowest BCUT2D eigenvalue weighted by molar-refractivity contribution is -0.101. The Bertz CT molecular complexity index is 765. The van der Waals surface area contributed by atoms with Crippen LogP contribution < -0.4 is 0 Å². The van der Waals surface area contributed by atoms with E-state index in [9.17, 15) is 14.7 Å². The number of fused-ring (bicyclic) bond motifs is 1. The Morgan fingerprint density at radius 1 is 1.05 bits per heavy atom. The Kier molecular flexibility index (Phi) is 3.48. The number of carbonyl (C=O) groups excluding carboxylic acids is 2. The summed E-state index contributed by atoms with van der Waals surface area (Å²) in [6.45, 7) is 3.76. The molecule has 1 N–H and O–H groups in total. The normalized spacial score (nSPS) is 13.4. The van der Waals surface area contributed by atoms with Crippen molar-refractivity contribution in [3.63, 3.8) is 0 Å². The maximum absolute atomic E-state index is 12.1. The van der Waals surface area contributed by atoms with Gasteiger partial charge in [-0.1, -0.05) is 36.9 Å². The summed E-state index contributed by atoms with van der Waals surface area (Å²) in [7, 11) is 0. The molecule has 0 bridgehead atoms. The molecule has 5 heteroatoms. The van der Waals surface area contributed by atoms with Gasteiger partial charge in [0.15, 0.2) is 0 Å². The number of hydrogen-bond donors (Lipinski definition) is 1. The van der Waals surface area contributed by atoms with E-state index in [1.807, 2.05) is 24.3 Å². The zero-order valence-electron chi connectivity index (χ0n) is 11.7. The minimum absolute atomic E-state index is 0.0678. The standard InChI is InChI=1S/C17H13NO4/c1-2-11-3-5-12(6-4-11)10-22-18-16(20)14-8-7-13(19)9-15(14)17(18)21/h2-9,19H,1,10H2. The maximum Gasteiger partial charge on any atom is 0.286 e. The zero-order valence-corrected chi connectivity index (χ0v) is 11.7. The van der Waals surface area contributed by atoms with Crippen molar-refractivity contribution in [1.82, 2.24) is 5.06 Å². The predicted octanol–water partition coefficient (Wildman–Crippen LogP) is 2.76. The molecule has 3 rings (SSSR count). The van der Waals surface area contributed by atoms with Gasteiger partial charge in [0.25, 0.3) is 11.8 Å². The number of rotatable bonds is 4. The number of benzene rings is 2. The Balaban J connectivity index is 1.75. The fraction of sp³-hybridized carbons (Fsp3) is 0.0588.